The number of alkyl carbamates (subject to hydrolysis) is 1. The molecule has 1 spiro atoms. The number of aldehydes is 1. The van der Waals surface area contributed by atoms with Crippen molar-refractivity contribution in [1.82, 2.24) is 21.5 Å². The molecule has 11 heteroatoms. The van der Waals surface area contributed by atoms with Crippen LogP contribution < -0.4 is 21.5 Å². The summed E-state index contributed by atoms with van der Waals surface area (Å²) in [5.41, 5.74) is 6.39. The van der Waals surface area contributed by atoms with Crippen LogP contribution >= 0.6 is 0 Å². The van der Waals surface area contributed by atoms with Gasteiger partial charge in [0, 0.05) is 19.2 Å². The van der Waals surface area contributed by atoms with Crippen LogP contribution in [0.15, 0.2) is 11.6 Å². The van der Waals surface area contributed by atoms with E-state index in [1.807, 2.05) is 13.8 Å². The molecule has 2 aliphatic heterocycles. The lowest BCUT2D eigenvalue weighted by atomic mass is 9.68. The number of carbonyl (C=O) groups excluding carboxylic acids is 3. The molecule has 0 aromatic carbocycles. The smallest absolute Gasteiger partial charge is 0.407 e. The number of hydrazine groups is 1. The number of ether oxygens (including phenoxy) is 4. The van der Waals surface area contributed by atoms with Crippen LogP contribution in [-0.2, 0) is 28.5 Å². The zero-order valence-electron chi connectivity index (χ0n) is 26.2. The topological polar surface area (TPSA) is 143 Å². The summed E-state index contributed by atoms with van der Waals surface area (Å²) < 4.78 is 24.2. The van der Waals surface area contributed by atoms with Crippen molar-refractivity contribution >= 4 is 18.3 Å². The third-order valence-electron chi connectivity index (χ3n) is 9.34. The number of allylic oxidation sites excluding steroid dienone is 1. The number of hydrogen-bond acceptors (Lipinski definition) is 9. The van der Waals surface area contributed by atoms with Crippen LogP contribution in [0.3, 0.4) is 0 Å². The van der Waals surface area contributed by atoms with E-state index in [2.05, 4.69) is 48.3 Å². The van der Waals surface area contributed by atoms with Gasteiger partial charge in [0.2, 0.25) is 5.91 Å². The molecule has 4 rings (SSSR count). The normalized spacial score (nSPS) is 36.2. The monoisotopic (exact) mass is 592 g/mol. The lowest BCUT2D eigenvalue weighted by Crippen LogP contribution is -2.56. The fourth-order valence-corrected chi connectivity index (χ4v) is 6.99. The predicted octanol–water partition coefficient (Wildman–Crippen LogP) is 2.92. The molecule has 11 nitrogen and oxygen atoms in total. The van der Waals surface area contributed by atoms with E-state index in [1.165, 1.54) is 5.57 Å². The standard InChI is InChI=1S/C31H52N4O7/c1-19(2)7-12-25-30(5,42-25)28-27(39-6)24(13-14-31(28)18-40-31)41-29(38)34-22-10-8-21(9-11-22)33-26(37)16-32-35-23(17-36)15-20(3)4/h7,17,20-25,27-28,32,35H,8-16,18H2,1-6H3,(H,33,37)(H,34,38)/t21?,22?,23-,24?,25+,27?,28?,30?,31-/m0/s1. The fraction of sp³-hybridized carbons (Fsp3) is 0.839. The van der Waals surface area contributed by atoms with E-state index in [-0.39, 0.29) is 66.0 Å². The predicted molar refractivity (Wildman–Crippen MR) is 158 cm³/mol. The highest BCUT2D eigenvalue weighted by atomic mass is 16.6. The third kappa shape index (κ3) is 8.31. The summed E-state index contributed by atoms with van der Waals surface area (Å²) in [7, 11) is 1.68. The molecule has 0 aromatic rings. The van der Waals surface area contributed by atoms with Crippen molar-refractivity contribution in [2.24, 2.45) is 11.8 Å². The maximum Gasteiger partial charge on any atom is 0.407 e. The van der Waals surface area contributed by atoms with Gasteiger partial charge in [-0.05, 0) is 78.1 Å². The average molecular weight is 593 g/mol. The lowest BCUT2D eigenvalue weighted by molar-refractivity contribution is -0.121. The zero-order chi connectivity index (χ0) is 30.5. The maximum absolute atomic E-state index is 13.0. The van der Waals surface area contributed by atoms with Crippen LogP contribution in [0.25, 0.3) is 0 Å². The van der Waals surface area contributed by atoms with Crippen molar-refractivity contribution in [3.05, 3.63) is 11.6 Å². The van der Waals surface area contributed by atoms with E-state index in [9.17, 15) is 14.4 Å². The van der Waals surface area contributed by atoms with Gasteiger partial charge in [-0.1, -0.05) is 25.5 Å². The summed E-state index contributed by atoms with van der Waals surface area (Å²) in [4.78, 5) is 36.5. The molecule has 7 atom stereocenters. The number of nitrogens with one attached hydrogen (secondary N) is 4. The number of methoxy groups -OCH3 is 1. The van der Waals surface area contributed by atoms with Crippen LogP contribution in [0.4, 0.5) is 4.79 Å². The van der Waals surface area contributed by atoms with Gasteiger partial charge >= 0.3 is 6.09 Å². The van der Waals surface area contributed by atoms with Crippen molar-refractivity contribution in [1.29, 1.82) is 0 Å². The molecule has 2 amide bonds. The minimum Gasteiger partial charge on any atom is -0.443 e. The summed E-state index contributed by atoms with van der Waals surface area (Å²) in [6.07, 6.45) is 8.13. The molecule has 0 bridgehead atoms. The number of carbonyl (C=O) groups is 3. The molecule has 2 saturated heterocycles. The van der Waals surface area contributed by atoms with Gasteiger partial charge < -0.3 is 34.4 Å². The Morgan fingerprint density at radius 2 is 1.74 bits per heavy atom. The van der Waals surface area contributed by atoms with Crippen LogP contribution in [-0.4, -0.2) is 86.2 Å². The van der Waals surface area contributed by atoms with E-state index in [4.69, 9.17) is 18.9 Å². The second kappa shape index (κ2) is 14.2. The Labute approximate surface area is 250 Å². The molecule has 4 fully saturated rings. The molecule has 238 valence electrons. The highest BCUT2D eigenvalue weighted by molar-refractivity contribution is 5.78. The first-order valence-corrected chi connectivity index (χ1v) is 15.7. The average Bonchev–Trinajstić information content (AvgIpc) is 3.85. The van der Waals surface area contributed by atoms with E-state index < -0.39 is 6.09 Å². The molecular formula is C31H52N4O7. The fourth-order valence-electron chi connectivity index (χ4n) is 6.99. The van der Waals surface area contributed by atoms with Crippen LogP contribution in [0, 0.1) is 11.8 Å². The Kier molecular flexibility index (Phi) is 11.1. The molecule has 42 heavy (non-hydrogen) atoms. The molecule has 2 heterocycles. The first-order valence-electron chi connectivity index (χ1n) is 15.7. The van der Waals surface area contributed by atoms with Gasteiger partial charge in [-0.3, -0.25) is 4.79 Å². The minimum atomic E-state index is -0.426. The van der Waals surface area contributed by atoms with Gasteiger partial charge in [-0.2, -0.15) is 0 Å². The van der Waals surface area contributed by atoms with E-state index in [0.717, 1.165) is 44.8 Å². The summed E-state index contributed by atoms with van der Waals surface area (Å²) >= 11 is 0. The van der Waals surface area contributed by atoms with Gasteiger partial charge in [0.25, 0.3) is 0 Å². The second-order valence-electron chi connectivity index (χ2n) is 13.5. The van der Waals surface area contributed by atoms with Crippen LogP contribution in [0.5, 0.6) is 0 Å². The quantitative estimate of drug-likeness (QED) is 0.104. The maximum atomic E-state index is 13.0. The van der Waals surface area contributed by atoms with Crippen molar-refractivity contribution in [3.63, 3.8) is 0 Å². The summed E-state index contributed by atoms with van der Waals surface area (Å²) in [6, 6.07) is -0.280. The van der Waals surface area contributed by atoms with Gasteiger partial charge in [0.1, 0.15) is 29.7 Å². The summed E-state index contributed by atoms with van der Waals surface area (Å²) in [6.45, 7) is 11.2. The van der Waals surface area contributed by atoms with E-state index >= 15 is 0 Å². The molecule has 0 radical (unpaired) electrons. The molecular weight excluding hydrogens is 540 g/mol. The van der Waals surface area contributed by atoms with E-state index in [1.54, 1.807) is 7.11 Å². The zero-order valence-corrected chi connectivity index (χ0v) is 26.2. The van der Waals surface area contributed by atoms with Crippen molar-refractivity contribution in [3.8, 4) is 0 Å². The molecule has 0 aromatic heterocycles. The molecule has 4 aliphatic rings. The Balaban J connectivity index is 1.20. The number of epoxide rings is 2. The van der Waals surface area contributed by atoms with Crippen molar-refractivity contribution in [2.75, 3.05) is 20.3 Å². The highest BCUT2D eigenvalue weighted by Gasteiger charge is 2.72. The minimum absolute atomic E-state index is 0.00829. The van der Waals surface area contributed by atoms with Gasteiger partial charge in [-0.25, -0.2) is 15.6 Å². The molecule has 2 saturated carbocycles. The summed E-state index contributed by atoms with van der Waals surface area (Å²) in [5.74, 6) is 0.236. The molecule has 4 unspecified atom stereocenters. The molecule has 2 aliphatic carbocycles. The largest absolute Gasteiger partial charge is 0.443 e. The Morgan fingerprint density at radius 1 is 1.07 bits per heavy atom. The Morgan fingerprint density at radius 3 is 2.31 bits per heavy atom. The van der Waals surface area contributed by atoms with Crippen LogP contribution in [0.2, 0.25) is 0 Å². The van der Waals surface area contributed by atoms with Crippen molar-refractivity contribution in [2.45, 2.75) is 134 Å². The van der Waals surface area contributed by atoms with Gasteiger partial charge in [0.15, 0.2) is 0 Å². The number of rotatable bonds is 14. The number of hydrogen-bond donors (Lipinski definition) is 4. The summed E-state index contributed by atoms with van der Waals surface area (Å²) in [5, 5.41) is 6.09. The van der Waals surface area contributed by atoms with Gasteiger partial charge in [0.05, 0.1) is 31.2 Å². The van der Waals surface area contributed by atoms with Gasteiger partial charge in [-0.15, -0.1) is 0 Å². The van der Waals surface area contributed by atoms with E-state index in [0.29, 0.717) is 25.4 Å². The first kappa shape index (κ1) is 32.9. The Hall–Kier alpha value is -2.05. The second-order valence-corrected chi connectivity index (χ2v) is 13.5. The van der Waals surface area contributed by atoms with Crippen molar-refractivity contribution < 1.29 is 33.3 Å². The third-order valence-corrected chi connectivity index (χ3v) is 9.34. The Bertz CT molecular complexity index is 974. The number of amides is 2. The SMILES string of the molecule is COC1C(OC(=O)NC2CCC(NC(=O)CNN[C@H](C=O)CC(C)C)CC2)CC[C@]2(CO2)C1C1(C)O[C@@H]1CC=C(C)C. The lowest BCUT2D eigenvalue weighted by Gasteiger charge is -2.42. The van der Waals surface area contributed by atoms with Crippen LogP contribution in [0.1, 0.15) is 86.0 Å². The first-order chi connectivity index (χ1) is 20.0. The molecule has 4 N–H and O–H groups in total. The highest BCUT2D eigenvalue weighted by Crippen LogP contribution is 2.59.